The van der Waals surface area contributed by atoms with Crippen LogP contribution in [0.4, 0.5) is 0 Å². The van der Waals surface area contributed by atoms with Gasteiger partial charge in [-0.15, -0.1) is 0 Å². The molecule has 0 saturated carbocycles. The van der Waals surface area contributed by atoms with Crippen LogP contribution in [0, 0.1) is 11.8 Å². The maximum Gasteiger partial charge on any atom is 0.308 e. The van der Waals surface area contributed by atoms with Crippen LogP contribution < -0.4 is 5.73 Å². The molecule has 0 radical (unpaired) electrons. The Morgan fingerprint density at radius 2 is 2.00 bits per heavy atom. The molecule has 3 N–H and O–H groups in total. The fourth-order valence-electron chi connectivity index (χ4n) is 2.07. The molecule has 5 heteroatoms. The number of rotatable bonds is 3. The summed E-state index contributed by atoms with van der Waals surface area (Å²) in [4.78, 5) is 24.6. The number of likely N-dealkylation sites (tertiary alicyclic amines) is 1. The number of hydrogen-bond acceptors (Lipinski definition) is 3. The van der Waals surface area contributed by atoms with Crippen LogP contribution in [-0.4, -0.2) is 40.5 Å². The summed E-state index contributed by atoms with van der Waals surface area (Å²) in [6.45, 7) is 5.89. The monoisotopic (exact) mass is 228 g/mol. The Bertz CT molecular complexity index is 291. The fourth-order valence-corrected chi connectivity index (χ4v) is 2.07. The molecule has 4 atom stereocenters. The molecular weight excluding hydrogens is 208 g/mol. The van der Waals surface area contributed by atoms with E-state index < -0.39 is 11.9 Å². The van der Waals surface area contributed by atoms with Crippen LogP contribution in [0.5, 0.6) is 0 Å². The maximum atomic E-state index is 12.0. The summed E-state index contributed by atoms with van der Waals surface area (Å²) in [5.41, 5.74) is 5.68. The van der Waals surface area contributed by atoms with Gasteiger partial charge < -0.3 is 15.7 Å². The van der Waals surface area contributed by atoms with Gasteiger partial charge in [-0.05, 0) is 20.3 Å². The highest BCUT2D eigenvalue weighted by Gasteiger charge is 2.39. The maximum absolute atomic E-state index is 12.0. The van der Waals surface area contributed by atoms with E-state index in [0.717, 1.165) is 0 Å². The van der Waals surface area contributed by atoms with E-state index in [4.69, 9.17) is 10.8 Å². The highest BCUT2D eigenvalue weighted by molar-refractivity contribution is 5.81. The molecule has 0 aromatic carbocycles. The van der Waals surface area contributed by atoms with Gasteiger partial charge in [-0.25, -0.2) is 0 Å². The molecule has 0 spiro atoms. The number of amides is 1. The zero-order valence-electron chi connectivity index (χ0n) is 10.0. The average molecular weight is 228 g/mol. The molecule has 1 amide bonds. The Morgan fingerprint density at radius 3 is 2.38 bits per heavy atom. The summed E-state index contributed by atoms with van der Waals surface area (Å²) in [6.07, 6.45) is 0.536. The minimum atomic E-state index is -0.823. The molecule has 1 fully saturated rings. The normalized spacial score (nSPS) is 28.9. The van der Waals surface area contributed by atoms with Crippen LogP contribution in [0.3, 0.4) is 0 Å². The molecule has 0 aromatic heterocycles. The summed E-state index contributed by atoms with van der Waals surface area (Å²) in [6, 6.07) is -0.435. The number of carbonyl (C=O) groups is 2. The largest absolute Gasteiger partial charge is 0.481 e. The van der Waals surface area contributed by atoms with Crippen molar-refractivity contribution in [3.63, 3.8) is 0 Å². The van der Waals surface area contributed by atoms with Gasteiger partial charge >= 0.3 is 5.97 Å². The van der Waals surface area contributed by atoms with E-state index in [1.807, 2.05) is 0 Å². The standard InChI is InChI=1S/C11H20N2O3/c1-6(7(2)12)10(14)13-5-4-9(8(13)3)11(15)16/h6-9H,4-5,12H2,1-3H3,(H,15,16). The van der Waals surface area contributed by atoms with E-state index in [1.165, 1.54) is 0 Å². The smallest absolute Gasteiger partial charge is 0.308 e. The summed E-state index contributed by atoms with van der Waals surface area (Å²) in [5, 5.41) is 8.97. The number of nitrogens with two attached hydrogens (primary N) is 1. The van der Waals surface area contributed by atoms with Crippen LogP contribution >= 0.6 is 0 Å². The molecule has 0 aliphatic carbocycles. The van der Waals surface area contributed by atoms with Crippen LogP contribution in [0.1, 0.15) is 27.2 Å². The van der Waals surface area contributed by atoms with Crippen molar-refractivity contribution >= 4 is 11.9 Å². The minimum absolute atomic E-state index is 0.0359. The van der Waals surface area contributed by atoms with Crippen LogP contribution in [-0.2, 0) is 9.59 Å². The lowest BCUT2D eigenvalue weighted by Crippen LogP contribution is -2.44. The first-order valence-electron chi connectivity index (χ1n) is 5.65. The molecule has 5 nitrogen and oxygen atoms in total. The van der Waals surface area contributed by atoms with Crippen molar-refractivity contribution < 1.29 is 14.7 Å². The molecule has 1 aliphatic heterocycles. The molecule has 1 heterocycles. The van der Waals surface area contributed by atoms with Gasteiger partial charge in [0, 0.05) is 18.6 Å². The second kappa shape index (κ2) is 4.82. The molecule has 0 aromatic rings. The van der Waals surface area contributed by atoms with Crippen molar-refractivity contribution in [2.75, 3.05) is 6.54 Å². The Labute approximate surface area is 95.6 Å². The summed E-state index contributed by atoms with van der Waals surface area (Å²) < 4.78 is 0. The Morgan fingerprint density at radius 1 is 1.44 bits per heavy atom. The van der Waals surface area contributed by atoms with Gasteiger partial charge in [0.05, 0.1) is 11.8 Å². The highest BCUT2D eigenvalue weighted by Crippen LogP contribution is 2.26. The lowest BCUT2D eigenvalue weighted by molar-refractivity contribution is -0.143. The van der Waals surface area contributed by atoms with Gasteiger partial charge in [0.2, 0.25) is 5.91 Å². The van der Waals surface area contributed by atoms with Gasteiger partial charge in [0.15, 0.2) is 0 Å². The molecule has 0 bridgehead atoms. The lowest BCUT2D eigenvalue weighted by atomic mass is 10.00. The second-order valence-corrected chi connectivity index (χ2v) is 4.65. The first-order chi connectivity index (χ1) is 7.36. The molecule has 1 saturated heterocycles. The van der Waals surface area contributed by atoms with Crippen molar-refractivity contribution in [1.29, 1.82) is 0 Å². The van der Waals surface area contributed by atoms with Crippen molar-refractivity contribution in [2.45, 2.75) is 39.3 Å². The molecule has 1 rings (SSSR count). The number of aliphatic carboxylic acids is 1. The SMILES string of the molecule is CC(N)C(C)C(=O)N1CCC(C(=O)O)C1C. The third-order valence-electron chi connectivity index (χ3n) is 3.53. The molecule has 4 unspecified atom stereocenters. The van der Waals surface area contributed by atoms with Crippen molar-refractivity contribution in [2.24, 2.45) is 17.6 Å². The Hall–Kier alpha value is -1.10. The van der Waals surface area contributed by atoms with E-state index in [9.17, 15) is 9.59 Å². The van der Waals surface area contributed by atoms with Gasteiger partial charge in [0.25, 0.3) is 0 Å². The molecule has 1 aliphatic rings. The minimum Gasteiger partial charge on any atom is -0.481 e. The van der Waals surface area contributed by atoms with Crippen molar-refractivity contribution in [1.82, 2.24) is 4.90 Å². The zero-order valence-corrected chi connectivity index (χ0v) is 10.0. The third kappa shape index (κ3) is 2.35. The average Bonchev–Trinajstić information content (AvgIpc) is 2.57. The number of carboxylic acids is 1. The number of carboxylic acid groups (broad SMARTS) is 1. The Kier molecular flexibility index (Phi) is 3.91. The number of nitrogens with zero attached hydrogens (tertiary/aromatic N) is 1. The summed E-state index contributed by atoms with van der Waals surface area (Å²) in [7, 11) is 0. The zero-order chi connectivity index (χ0) is 12.5. The van der Waals surface area contributed by atoms with Crippen LogP contribution in [0.2, 0.25) is 0 Å². The summed E-state index contributed by atoms with van der Waals surface area (Å²) >= 11 is 0. The van der Waals surface area contributed by atoms with Gasteiger partial charge in [-0.2, -0.15) is 0 Å². The van der Waals surface area contributed by atoms with E-state index >= 15 is 0 Å². The van der Waals surface area contributed by atoms with Gasteiger partial charge in [-0.1, -0.05) is 6.92 Å². The highest BCUT2D eigenvalue weighted by atomic mass is 16.4. The second-order valence-electron chi connectivity index (χ2n) is 4.65. The molecular formula is C11H20N2O3. The van der Waals surface area contributed by atoms with E-state index in [2.05, 4.69) is 0 Å². The predicted molar refractivity (Wildman–Crippen MR) is 59.7 cm³/mol. The molecule has 92 valence electrons. The van der Waals surface area contributed by atoms with Crippen molar-refractivity contribution in [3.8, 4) is 0 Å². The predicted octanol–water partition coefficient (Wildman–Crippen LogP) is 0.291. The molecule has 16 heavy (non-hydrogen) atoms. The van der Waals surface area contributed by atoms with E-state index in [1.54, 1.807) is 25.7 Å². The quantitative estimate of drug-likeness (QED) is 0.727. The Balaban J connectivity index is 2.70. The topological polar surface area (TPSA) is 83.6 Å². The number of hydrogen-bond donors (Lipinski definition) is 2. The van der Waals surface area contributed by atoms with Gasteiger partial charge in [-0.3, -0.25) is 9.59 Å². The number of carbonyl (C=O) groups excluding carboxylic acids is 1. The summed E-state index contributed by atoms with van der Waals surface area (Å²) in [5.74, 6) is -1.55. The first kappa shape index (κ1) is 13.0. The van der Waals surface area contributed by atoms with E-state index in [-0.39, 0.29) is 23.9 Å². The van der Waals surface area contributed by atoms with Crippen LogP contribution in [0.25, 0.3) is 0 Å². The van der Waals surface area contributed by atoms with Crippen LogP contribution in [0.15, 0.2) is 0 Å². The van der Waals surface area contributed by atoms with E-state index in [0.29, 0.717) is 13.0 Å². The van der Waals surface area contributed by atoms with Crippen molar-refractivity contribution in [3.05, 3.63) is 0 Å². The lowest BCUT2D eigenvalue weighted by Gasteiger charge is -2.27. The third-order valence-corrected chi connectivity index (χ3v) is 3.53. The first-order valence-corrected chi connectivity index (χ1v) is 5.65. The van der Waals surface area contributed by atoms with Gasteiger partial charge in [0.1, 0.15) is 0 Å². The fraction of sp³-hybridized carbons (Fsp3) is 0.818.